The van der Waals surface area contributed by atoms with Crippen molar-refractivity contribution < 1.29 is 19.6 Å². The molecule has 0 spiro atoms. The number of benzene rings is 1. The molecule has 1 amide bonds. The van der Waals surface area contributed by atoms with Gasteiger partial charge in [0.05, 0.1) is 21.4 Å². The number of aliphatic carboxylic acids is 1. The SMILES string of the molecule is CC1CN(C(=O)c2ccc([N+](=O)[O-])cc2Cl)CCC1C(=O)O. The van der Waals surface area contributed by atoms with Crippen molar-refractivity contribution in [1.29, 1.82) is 0 Å². The van der Waals surface area contributed by atoms with Crippen LogP contribution in [-0.2, 0) is 4.79 Å². The van der Waals surface area contributed by atoms with Crippen molar-refractivity contribution in [2.75, 3.05) is 13.1 Å². The number of halogens is 1. The summed E-state index contributed by atoms with van der Waals surface area (Å²) in [7, 11) is 0. The summed E-state index contributed by atoms with van der Waals surface area (Å²) in [6.45, 7) is 2.44. The summed E-state index contributed by atoms with van der Waals surface area (Å²) in [6, 6.07) is 3.70. The van der Waals surface area contributed by atoms with E-state index >= 15 is 0 Å². The zero-order valence-corrected chi connectivity index (χ0v) is 12.6. The van der Waals surface area contributed by atoms with Gasteiger partial charge in [0.1, 0.15) is 0 Å². The fraction of sp³-hybridized carbons (Fsp3) is 0.429. The molecule has 1 aromatic rings. The van der Waals surface area contributed by atoms with Crippen molar-refractivity contribution in [3.8, 4) is 0 Å². The van der Waals surface area contributed by atoms with Crippen molar-refractivity contribution in [3.05, 3.63) is 38.9 Å². The zero-order valence-electron chi connectivity index (χ0n) is 11.9. The number of rotatable bonds is 3. The lowest BCUT2D eigenvalue weighted by Gasteiger charge is -2.35. The Balaban J connectivity index is 2.16. The number of hydrogen-bond acceptors (Lipinski definition) is 4. The van der Waals surface area contributed by atoms with Crippen LogP contribution in [0.4, 0.5) is 5.69 Å². The molecule has 1 aromatic carbocycles. The van der Waals surface area contributed by atoms with E-state index in [2.05, 4.69) is 0 Å². The van der Waals surface area contributed by atoms with Crippen LogP contribution in [0.5, 0.6) is 0 Å². The van der Waals surface area contributed by atoms with Gasteiger partial charge in [-0.25, -0.2) is 0 Å². The van der Waals surface area contributed by atoms with Crippen molar-refractivity contribution in [2.45, 2.75) is 13.3 Å². The Morgan fingerprint density at radius 2 is 2.14 bits per heavy atom. The first-order valence-electron chi connectivity index (χ1n) is 6.77. The third-order valence-corrected chi connectivity index (χ3v) is 4.22. The van der Waals surface area contributed by atoms with Gasteiger partial charge in [-0.3, -0.25) is 19.7 Å². The number of likely N-dealkylation sites (tertiary alicyclic amines) is 1. The maximum atomic E-state index is 12.4. The monoisotopic (exact) mass is 326 g/mol. The molecule has 1 saturated heterocycles. The number of non-ortho nitro benzene ring substituents is 1. The van der Waals surface area contributed by atoms with Crippen molar-refractivity contribution >= 4 is 29.2 Å². The van der Waals surface area contributed by atoms with Crippen LogP contribution in [0.2, 0.25) is 5.02 Å². The highest BCUT2D eigenvalue weighted by Gasteiger charge is 2.33. The van der Waals surface area contributed by atoms with E-state index in [1.807, 2.05) is 0 Å². The summed E-state index contributed by atoms with van der Waals surface area (Å²) in [4.78, 5) is 35.2. The molecule has 22 heavy (non-hydrogen) atoms. The number of carboxylic acids is 1. The molecule has 1 fully saturated rings. The van der Waals surface area contributed by atoms with Gasteiger partial charge in [-0.15, -0.1) is 0 Å². The predicted molar refractivity (Wildman–Crippen MR) is 78.9 cm³/mol. The van der Waals surface area contributed by atoms with E-state index in [0.717, 1.165) is 6.07 Å². The number of amides is 1. The van der Waals surface area contributed by atoms with E-state index in [4.69, 9.17) is 16.7 Å². The van der Waals surface area contributed by atoms with Crippen LogP contribution in [0.25, 0.3) is 0 Å². The highest BCUT2D eigenvalue weighted by Crippen LogP contribution is 2.28. The molecule has 118 valence electrons. The van der Waals surface area contributed by atoms with Gasteiger partial charge in [-0.2, -0.15) is 0 Å². The summed E-state index contributed by atoms with van der Waals surface area (Å²) >= 11 is 5.96. The van der Waals surface area contributed by atoms with Crippen LogP contribution >= 0.6 is 11.6 Å². The van der Waals surface area contributed by atoms with E-state index in [-0.39, 0.29) is 28.1 Å². The Morgan fingerprint density at radius 1 is 1.45 bits per heavy atom. The Bertz CT molecular complexity index is 634. The number of carbonyl (C=O) groups is 2. The van der Waals surface area contributed by atoms with E-state index < -0.39 is 16.8 Å². The largest absolute Gasteiger partial charge is 0.481 e. The molecule has 2 atom stereocenters. The third kappa shape index (κ3) is 3.19. The number of carboxylic acid groups (broad SMARTS) is 1. The first-order valence-corrected chi connectivity index (χ1v) is 7.15. The van der Waals surface area contributed by atoms with Crippen molar-refractivity contribution in [1.82, 2.24) is 4.90 Å². The van der Waals surface area contributed by atoms with Crippen LogP contribution in [0, 0.1) is 22.0 Å². The summed E-state index contributed by atoms with van der Waals surface area (Å²) in [6.07, 6.45) is 0.382. The normalized spacial score (nSPS) is 21.5. The molecule has 1 aliphatic heterocycles. The molecule has 0 saturated carbocycles. The maximum Gasteiger partial charge on any atom is 0.306 e. The molecule has 8 heteroatoms. The Kier molecular flexibility index (Phi) is 4.65. The highest BCUT2D eigenvalue weighted by atomic mass is 35.5. The van der Waals surface area contributed by atoms with E-state index in [0.29, 0.717) is 19.5 Å². The predicted octanol–water partition coefficient (Wildman–Crippen LogP) is 2.43. The van der Waals surface area contributed by atoms with Crippen molar-refractivity contribution in [3.63, 3.8) is 0 Å². The van der Waals surface area contributed by atoms with Gasteiger partial charge in [0.25, 0.3) is 11.6 Å². The minimum absolute atomic E-state index is 0.0206. The number of nitro groups is 1. The highest BCUT2D eigenvalue weighted by molar-refractivity contribution is 6.34. The van der Waals surface area contributed by atoms with Gasteiger partial charge >= 0.3 is 5.97 Å². The van der Waals surface area contributed by atoms with Crippen LogP contribution in [0.15, 0.2) is 18.2 Å². The second-order valence-corrected chi connectivity index (χ2v) is 5.79. The summed E-state index contributed by atoms with van der Waals surface area (Å²) < 4.78 is 0. The van der Waals surface area contributed by atoms with E-state index in [1.54, 1.807) is 6.92 Å². The van der Waals surface area contributed by atoms with Crippen LogP contribution in [-0.4, -0.2) is 39.9 Å². The number of hydrogen-bond donors (Lipinski definition) is 1. The number of carbonyl (C=O) groups excluding carboxylic acids is 1. The van der Waals surface area contributed by atoms with Crippen LogP contribution < -0.4 is 0 Å². The third-order valence-electron chi connectivity index (χ3n) is 3.90. The Labute approximate surface area is 131 Å². The fourth-order valence-corrected chi connectivity index (χ4v) is 2.91. The summed E-state index contributed by atoms with van der Waals surface area (Å²) in [5.74, 6) is -1.81. The van der Waals surface area contributed by atoms with E-state index in [1.165, 1.54) is 17.0 Å². The number of nitro benzene ring substituents is 1. The lowest BCUT2D eigenvalue weighted by Crippen LogP contribution is -2.45. The topological polar surface area (TPSA) is 101 Å². The van der Waals surface area contributed by atoms with Crippen LogP contribution in [0.3, 0.4) is 0 Å². The number of piperidine rings is 1. The number of nitrogens with zero attached hydrogens (tertiary/aromatic N) is 2. The van der Waals surface area contributed by atoms with Gasteiger partial charge in [0.2, 0.25) is 0 Å². The zero-order chi connectivity index (χ0) is 16.4. The minimum Gasteiger partial charge on any atom is -0.481 e. The Morgan fingerprint density at radius 3 is 2.64 bits per heavy atom. The molecule has 1 N–H and O–H groups in total. The Hall–Kier alpha value is -2.15. The second-order valence-electron chi connectivity index (χ2n) is 5.38. The average molecular weight is 327 g/mol. The molecule has 0 radical (unpaired) electrons. The van der Waals surface area contributed by atoms with E-state index in [9.17, 15) is 19.7 Å². The van der Waals surface area contributed by atoms with Gasteiger partial charge in [-0.05, 0) is 18.4 Å². The molecular weight excluding hydrogens is 312 g/mol. The molecule has 0 aliphatic carbocycles. The quantitative estimate of drug-likeness (QED) is 0.679. The molecule has 0 bridgehead atoms. The summed E-state index contributed by atoms with van der Waals surface area (Å²) in [5.41, 5.74) is 0.00717. The first kappa shape index (κ1) is 16.2. The lowest BCUT2D eigenvalue weighted by atomic mass is 9.87. The molecule has 2 rings (SSSR count). The molecule has 0 aromatic heterocycles. The molecule has 1 heterocycles. The van der Waals surface area contributed by atoms with Crippen LogP contribution in [0.1, 0.15) is 23.7 Å². The standard InChI is InChI=1S/C14H15ClN2O5/c1-8-7-16(5-4-10(8)14(19)20)13(18)11-3-2-9(17(21)22)6-12(11)15/h2-3,6,8,10H,4-5,7H2,1H3,(H,19,20). The van der Waals surface area contributed by atoms with Gasteiger partial charge < -0.3 is 10.0 Å². The minimum atomic E-state index is -0.854. The van der Waals surface area contributed by atoms with Gasteiger partial charge in [0, 0.05) is 25.2 Å². The summed E-state index contributed by atoms with van der Waals surface area (Å²) in [5, 5.41) is 19.8. The van der Waals surface area contributed by atoms with Gasteiger partial charge in [-0.1, -0.05) is 18.5 Å². The lowest BCUT2D eigenvalue weighted by molar-refractivity contribution is -0.384. The first-order chi connectivity index (χ1) is 10.3. The molecule has 2 unspecified atom stereocenters. The molecular formula is C14H15ClN2O5. The van der Waals surface area contributed by atoms with Gasteiger partial charge in [0.15, 0.2) is 0 Å². The fourth-order valence-electron chi connectivity index (χ4n) is 2.66. The second kappa shape index (κ2) is 6.31. The van der Waals surface area contributed by atoms with Crippen molar-refractivity contribution in [2.24, 2.45) is 11.8 Å². The molecule has 7 nitrogen and oxygen atoms in total. The average Bonchev–Trinajstić information content (AvgIpc) is 2.45. The maximum absolute atomic E-state index is 12.4. The molecule has 1 aliphatic rings. The smallest absolute Gasteiger partial charge is 0.306 e.